The summed E-state index contributed by atoms with van der Waals surface area (Å²) in [4.78, 5) is 25.8. The highest BCUT2D eigenvalue weighted by Gasteiger charge is 2.48. The minimum absolute atomic E-state index is 0.0187. The topological polar surface area (TPSA) is 54.3 Å². The van der Waals surface area contributed by atoms with Crippen LogP contribution >= 0.6 is 0 Å². The molecule has 1 spiro atoms. The number of nitrogens with one attached hydrogen (secondary N) is 1. The molecule has 1 amide bonds. The molecular weight excluding hydrogens is 311 g/mol. The molecule has 2 fully saturated rings. The average Bonchev–Trinajstić information content (AvgIpc) is 2.78. The monoisotopic (exact) mass is 329 g/mol. The van der Waals surface area contributed by atoms with E-state index in [0.29, 0.717) is 31.9 Å². The van der Waals surface area contributed by atoms with Gasteiger partial charge in [-0.05, 0) is 32.4 Å². The molecule has 1 N–H and O–H groups in total. The largest absolute Gasteiger partial charge is 0.431 e. The molecule has 3 rings (SSSR count). The number of anilines is 1. The summed E-state index contributed by atoms with van der Waals surface area (Å²) in [6.07, 6.45) is -2.68. The molecule has 0 aromatic carbocycles. The van der Waals surface area contributed by atoms with Crippen molar-refractivity contribution in [1.82, 2.24) is 9.88 Å². The van der Waals surface area contributed by atoms with Gasteiger partial charge in [-0.3, -0.25) is 14.5 Å². The highest BCUT2D eigenvalue weighted by molar-refractivity contribution is 5.99. The number of pyridine rings is 1. The molecule has 0 saturated carbocycles. The van der Waals surface area contributed by atoms with Crippen molar-refractivity contribution in [3.8, 4) is 0 Å². The van der Waals surface area contributed by atoms with E-state index in [0.717, 1.165) is 23.7 Å². The van der Waals surface area contributed by atoms with Crippen LogP contribution in [0.1, 0.15) is 25.0 Å². The summed E-state index contributed by atoms with van der Waals surface area (Å²) >= 11 is 0. The smallest absolute Gasteiger partial charge is 0.326 e. The first kappa shape index (κ1) is 16.0. The van der Waals surface area contributed by atoms with Crippen LogP contribution in [0.5, 0.6) is 0 Å². The summed E-state index contributed by atoms with van der Waals surface area (Å²) in [7, 11) is 1.23. The molecule has 0 unspecified atom stereocenters. The molecule has 2 aliphatic rings. The fourth-order valence-corrected chi connectivity index (χ4v) is 3.56. The van der Waals surface area contributed by atoms with Crippen LogP contribution in [-0.2, 0) is 18.0 Å². The van der Waals surface area contributed by atoms with Crippen molar-refractivity contribution in [3.05, 3.63) is 28.0 Å². The third-order valence-electron chi connectivity index (χ3n) is 4.90. The van der Waals surface area contributed by atoms with Crippen LogP contribution in [0.3, 0.4) is 0 Å². The standard InChI is InChI=1S/C15H18F3N3O2/c1-20-11(15(16,17)18)8-10(22)9-12(20)21-7-4-14(13(21)23)2-5-19-6-3-14/h8-9,19H,2-7H2,1H3. The van der Waals surface area contributed by atoms with Gasteiger partial charge in [0.1, 0.15) is 11.5 Å². The van der Waals surface area contributed by atoms with Crippen LogP contribution in [0.2, 0.25) is 0 Å². The molecule has 2 aliphatic heterocycles. The van der Waals surface area contributed by atoms with Gasteiger partial charge < -0.3 is 9.88 Å². The maximum Gasteiger partial charge on any atom is 0.431 e. The van der Waals surface area contributed by atoms with Gasteiger partial charge in [0.15, 0.2) is 5.43 Å². The van der Waals surface area contributed by atoms with E-state index in [-0.39, 0.29) is 11.7 Å². The number of piperidine rings is 1. The molecule has 23 heavy (non-hydrogen) atoms. The van der Waals surface area contributed by atoms with E-state index in [9.17, 15) is 22.8 Å². The number of rotatable bonds is 1. The summed E-state index contributed by atoms with van der Waals surface area (Å²) in [6.45, 7) is 1.79. The number of carbonyl (C=O) groups excluding carboxylic acids is 1. The number of alkyl halides is 3. The van der Waals surface area contributed by atoms with Crippen molar-refractivity contribution in [2.75, 3.05) is 24.5 Å². The Labute approximate surface area is 131 Å². The molecule has 0 radical (unpaired) electrons. The predicted molar refractivity (Wildman–Crippen MR) is 78.2 cm³/mol. The SMILES string of the molecule is Cn1c(N2CCC3(CCNCC3)C2=O)cc(=O)cc1C(F)(F)F. The number of hydrogen-bond donors (Lipinski definition) is 1. The van der Waals surface area contributed by atoms with Gasteiger partial charge in [0.05, 0.1) is 5.41 Å². The van der Waals surface area contributed by atoms with E-state index in [1.807, 2.05) is 0 Å². The fraction of sp³-hybridized carbons (Fsp3) is 0.600. The van der Waals surface area contributed by atoms with Gasteiger partial charge in [-0.2, -0.15) is 13.2 Å². The Bertz CT molecular complexity index is 690. The Balaban J connectivity index is 2.01. The molecule has 2 saturated heterocycles. The Hall–Kier alpha value is -1.83. The maximum absolute atomic E-state index is 13.1. The van der Waals surface area contributed by atoms with Crippen LogP contribution in [0.15, 0.2) is 16.9 Å². The molecule has 0 bridgehead atoms. The van der Waals surface area contributed by atoms with E-state index in [1.165, 1.54) is 11.9 Å². The normalized spacial score (nSPS) is 21.2. The second-order valence-electron chi connectivity index (χ2n) is 6.23. The Kier molecular flexibility index (Phi) is 3.74. The molecule has 126 valence electrons. The van der Waals surface area contributed by atoms with Gasteiger partial charge in [-0.1, -0.05) is 0 Å². The van der Waals surface area contributed by atoms with Crippen molar-refractivity contribution < 1.29 is 18.0 Å². The van der Waals surface area contributed by atoms with Gasteiger partial charge in [-0.15, -0.1) is 0 Å². The summed E-state index contributed by atoms with van der Waals surface area (Å²) in [5.41, 5.74) is -2.29. The van der Waals surface area contributed by atoms with E-state index in [1.54, 1.807) is 0 Å². The van der Waals surface area contributed by atoms with Crippen LogP contribution in [0.4, 0.5) is 19.0 Å². The van der Waals surface area contributed by atoms with Crippen molar-refractivity contribution in [1.29, 1.82) is 0 Å². The molecule has 1 aromatic heterocycles. The van der Waals surface area contributed by atoms with E-state index < -0.39 is 22.7 Å². The number of carbonyl (C=O) groups is 1. The molecule has 1 aromatic rings. The van der Waals surface area contributed by atoms with Gasteiger partial charge in [0.2, 0.25) is 5.91 Å². The lowest BCUT2D eigenvalue weighted by atomic mass is 9.78. The molecule has 3 heterocycles. The molecule has 0 aliphatic carbocycles. The lowest BCUT2D eigenvalue weighted by Gasteiger charge is -2.32. The zero-order valence-corrected chi connectivity index (χ0v) is 12.7. The molecule has 8 heteroatoms. The van der Waals surface area contributed by atoms with Crippen LogP contribution in [0, 0.1) is 5.41 Å². The second-order valence-corrected chi connectivity index (χ2v) is 6.23. The lowest BCUT2D eigenvalue weighted by Crippen LogP contribution is -2.43. The first-order valence-electron chi connectivity index (χ1n) is 7.56. The molecule has 0 atom stereocenters. The first-order valence-corrected chi connectivity index (χ1v) is 7.56. The van der Waals surface area contributed by atoms with E-state index >= 15 is 0 Å². The number of halogens is 3. The summed E-state index contributed by atoms with van der Waals surface area (Å²) < 4.78 is 40.1. The summed E-state index contributed by atoms with van der Waals surface area (Å²) in [5, 5.41) is 3.19. The van der Waals surface area contributed by atoms with Crippen molar-refractivity contribution in [3.63, 3.8) is 0 Å². The highest BCUT2D eigenvalue weighted by Crippen LogP contribution is 2.42. The third-order valence-corrected chi connectivity index (χ3v) is 4.90. The van der Waals surface area contributed by atoms with E-state index in [4.69, 9.17) is 0 Å². The quantitative estimate of drug-likeness (QED) is 0.850. The number of aromatic nitrogens is 1. The van der Waals surface area contributed by atoms with Crippen LogP contribution < -0.4 is 15.6 Å². The van der Waals surface area contributed by atoms with Crippen molar-refractivity contribution in [2.24, 2.45) is 12.5 Å². The van der Waals surface area contributed by atoms with Crippen LogP contribution in [0.25, 0.3) is 0 Å². The van der Waals surface area contributed by atoms with Gasteiger partial charge in [0.25, 0.3) is 0 Å². The molecular formula is C15H18F3N3O2. The maximum atomic E-state index is 13.1. The Morgan fingerprint density at radius 1 is 1.13 bits per heavy atom. The third kappa shape index (κ3) is 2.65. The summed E-state index contributed by atoms with van der Waals surface area (Å²) in [5.74, 6) is -0.154. The highest BCUT2D eigenvalue weighted by atomic mass is 19.4. The Morgan fingerprint density at radius 2 is 1.78 bits per heavy atom. The first-order chi connectivity index (χ1) is 10.7. The van der Waals surface area contributed by atoms with E-state index in [2.05, 4.69) is 5.32 Å². The molecule has 5 nitrogen and oxygen atoms in total. The number of nitrogens with zero attached hydrogens (tertiary/aromatic N) is 2. The number of hydrogen-bond acceptors (Lipinski definition) is 3. The minimum Gasteiger partial charge on any atom is -0.326 e. The average molecular weight is 329 g/mol. The zero-order chi connectivity index (χ0) is 16.8. The number of amides is 1. The minimum atomic E-state index is -4.64. The van der Waals surface area contributed by atoms with Crippen molar-refractivity contribution in [2.45, 2.75) is 25.4 Å². The van der Waals surface area contributed by atoms with Crippen molar-refractivity contribution >= 4 is 11.7 Å². The zero-order valence-electron chi connectivity index (χ0n) is 12.7. The summed E-state index contributed by atoms with van der Waals surface area (Å²) in [6, 6.07) is 1.66. The van der Waals surface area contributed by atoms with Gasteiger partial charge in [-0.25, -0.2) is 0 Å². The van der Waals surface area contributed by atoms with Gasteiger partial charge in [0, 0.05) is 25.7 Å². The second kappa shape index (κ2) is 5.36. The lowest BCUT2D eigenvalue weighted by molar-refractivity contribution is -0.143. The van der Waals surface area contributed by atoms with Crippen LogP contribution in [-0.4, -0.2) is 30.1 Å². The predicted octanol–water partition coefficient (Wildman–Crippen LogP) is 1.51. The Morgan fingerprint density at radius 3 is 2.39 bits per heavy atom. The fourth-order valence-electron chi connectivity index (χ4n) is 3.56. The van der Waals surface area contributed by atoms with Gasteiger partial charge >= 0.3 is 6.18 Å².